The second kappa shape index (κ2) is 19.3. The summed E-state index contributed by atoms with van der Waals surface area (Å²) >= 11 is 0. The highest BCUT2D eigenvalue weighted by atomic mass is 32.2. The van der Waals surface area contributed by atoms with E-state index in [1.165, 1.54) is 24.3 Å². The summed E-state index contributed by atoms with van der Waals surface area (Å²) in [6.07, 6.45) is -8.70. The van der Waals surface area contributed by atoms with E-state index < -0.39 is 77.6 Å². The zero-order chi connectivity index (χ0) is 39.4. The van der Waals surface area contributed by atoms with Crippen LogP contribution in [0.25, 0.3) is 0 Å². The van der Waals surface area contributed by atoms with Gasteiger partial charge in [-0.1, -0.05) is 86.6 Å². The number of amides is 2. The molecule has 0 aromatic heterocycles. The minimum absolute atomic E-state index is 0.0102. The first-order valence-corrected chi connectivity index (χ1v) is 18.4. The molecule has 0 radical (unpaired) electrons. The van der Waals surface area contributed by atoms with E-state index in [-0.39, 0.29) is 30.4 Å². The van der Waals surface area contributed by atoms with Crippen molar-refractivity contribution in [2.75, 3.05) is 20.3 Å². The van der Waals surface area contributed by atoms with Gasteiger partial charge in [0.25, 0.3) is 0 Å². The number of sulfonamides is 1. The number of alkyl halides is 5. The molecule has 10 nitrogen and oxygen atoms in total. The van der Waals surface area contributed by atoms with E-state index in [1.807, 2.05) is 19.2 Å². The van der Waals surface area contributed by atoms with Crippen molar-refractivity contribution >= 4 is 22.0 Å². The molecule has 2 amide bonds. The van der Waals surface area contributed by atoms with E-state index in [0.29, 0.717) is 23.1 Å². The van der Waals surface area contributed by atoms with Crippen LogP contribution in [-0.2, 0) is 26.2 Å². The van der Waals surface area contributed by atoms with Crippen molar-refractivity contribution in [2.24, 2.45) is 5.92 Å². The van der Waals surface area contributed by atoms with Crippen LogP contribution in [0.3, 0.4) is 0 Å². The Morgan fingerprint density at radius 1 is 0.811 bits per heavy atom. The van der Waals surface area contributed by atoms with Crippen LogP contribution >= 0.6 is 0 Å². The molecule has 0 aliphatic rings. The highest BCUT2D eigenvalue weighted by Crippen LogP contribution is 2.40. The number of methoxy groups -OCH3 is 1. The third-order valence-corrected chi connectivity index (χ3v) is 10.8. The molecular weight excluding hydrogens is 725 g/mol. The molecule has 16 heteroatoms. The fourth-order valence-electron chi connectivity index (χ4n) is 5.86. The Hall–Kier alpha value is -4.12. The topological polar surface area (TPSA) is 145 Å². The molecule has 0 spiro atoms. The van der Waals surface area contributed by atoms with Gasteiger partial charge in [0.15, 0.2) is 0 Å². The molecule has 0 fully saturated rings. The third kappa shape index (κ3) is 11.4. The van der Waals surface area contributed by atoms with Gasteiger partial charge in [0, 0.05) is 18.5 Å². The predicted octanol–water partition coefficient (Wildman–Crippen LogP) is 5.99. The molecule has 0 saturated heterocycles. The molecule has 0 heterocycles. The Morgan fingerprint density at radius 2 is 1.36 bits per heavy atom. The Kier molecular flexibility index (Phi) is 15.7. The number of nitrogens with zero attached hydrogens (tertiary/aromatic N) is 1. The summed E-state index contributed by atoms with van der Waals surface area (Å²) in [7, 11) is -3.30. The van der Waals surface area contributed by atoms with Crippen molar-refractivity contribution in [2.45, 2.75) is 87.2 Å². The van der Waals surface area contributed by atoms with Gasteiger partial charge in [-0.2, -0.15) is 26.3 Å². The summed E-state index contributed by atoms with van der Waals surface area (Å²) in [4.78, 5) is 26.2. The maximum atomic E-state index is 15.2. The van der Waals surface area contributed by atoms with Crippen molar-refractivity contribution in [1.29, 1.82) is 0 Å². The third-order valence-electron chi connectivity index (χ3n) is 8.81. The number of rotatable bonds is 19. The van der Waals surface area contributed by atoms with Gasteiger partial charge in [0.05, 0.1) is 25.2 Å². The average molecular weight is 772 g/mol. The van der Waals surface area contributed by atoms with Crippen LogP contribution in [0.2, 0.25) is 0 Å². The van der Waals surface area contributed by atoms with Gasteiger partial charge in [-0.05, 0) is 60.4 Å². The van der Waals surface area contributed by atoms with Crippen LogP contribution in [0.5, 0.6) is 0 Å². The number of halogens is 5. The molecule has 4 N–H and O–H groups in total. The Labute approximate surface area is 306 Å². The van der Waals surface area contributed by atoms with Gasteiger partial charge in [-0.15, -0.1) is 0 Å². The SMILES string of the molecule is COC(=O)N[C@H](C(=O)N[C@H](CCC[C@@H](CO)N(CCC(C)C)S(=O)(=O)c1ccc(CO)cc1)C(F)(F)C(F)(F)F)C(c1ccccc1)c1ccccc1. The van der Waals surface area contributed by atoms with E-state index in [1.54, 1.807) is 60.7 Å². The predicted molar refractivity (Wildman–Crippen MR) is 187 cm³/mol. The summed E-state index contributed by atoms with van der Waals surface area (Å²) < 4.78 is 105. The lowest BCUT2D eigenvalue weighted by Crippen LogP contribution is -2.60. The van der Waals surface area contributed by atoms with Crippen LogP contribution < -0.4 is 10.6 Å². The molecule has 3 aromatic carbocycles. The monoisotopic (exact) mass is 771 g/mol. The van der Waals surface area contributed by atoms with Gasteiger partial charge < -0.3 is 25.6 Å². The number of aliphatic hydroxyl groups is 2. The first kappa shape index (κ1) is 43.3. The number of aliphatic hydroxyl groups excluding tert-OH is 2. The van der Waals surface area contributed by atoms with Crippen LogP contribution in [0.15, 0.2) is 89.8 Å². The maximum absolute atomic E-state index is 15.2. The van der Waals surface area contributed by atoms with Crippen LogP contribution in [0.1, 0.15) is 62.1 Å². The number of alkyl carbamates (subject to hydrolysis) is 1. The van der Waals surface area contributed by atoms with Gasteiger partial charge in [-0.3, -0.25) is 4.79 Å². The molecule has 0 unspecified atom stereocenters. The van der Waals surface area contributed by atoms with Crippen molar-refractivity contribution in [3.05, 3.63) is 102 Å². The summed E-state index contributed by atoms with van der Waals surface area (Å²) in [5.41, 5.74) is 1.32. The number of ether oxygens (including phenoxy) is 1. The summed E-state index contributed by atoms with van der Waals surface area (Å²) in [6, 6.07) is 15.8. The number of hydrogen-bond acceptors (Lipinski definition) is 7. The van der Waals surface area contributed by atoms with Gasteiger partial charge in [0.1, 0.15) is 12.1 Å². The number of hydrogen-bond donors (Lipinski definition) is 4. The van der Waals surface area contributed by atoms with Gasteiger partial charge in [-0.25, -0.2) is 13.2 Å². The number of carbonyl (C=O) groups is 2. The lowest BCUT2D eigenvalue weighted by molar-refractivity contribution is -0.293. The molecule has 0 aliphatic carbocycles. The van der Waals surface area contributed by atoms with Crippen molar-refractivity contribution < 1.29 is 54.9 Å². The molecule has 0 saturated carbocycles. The molecule has 292 valence electrons. The smallest absolute Gasteiger partial charge is 0.453 e. The van der Waals surface area contributed by atoms with Crippen LogP contribution in [-0.4, -0.2) is 85.4 Å². The van der Waals surface area contributed by atoms with E-state index in [4.69, 9.17) is 0 Å². The van der Waals surface area contributed by atoms with Gasteiger partial charge in [0.2, 0.25) is 15.9 Å². The normalized spacial score (nSPS) is 14.2. The molecule has 53 heavy (non-hydrogen) atoms. The largest absolute Gasteiger partial charge is 0.455 e. The summed E-state index contributed by atoms with van der Waals surface area (Å²) in [5.74, 6) is -7.86. The Morgan fingerprint density at radius 3 is 1.81 bits per heavy atom. The molecule has 0 aliphatic heterocycles. The molecule has 3 rings (SSSR count). The Bertz CT molecular complexity index is 1660. The van der Waals surface area contributed by atoms with Crippen molar-refractivity contribution in [3.63, 3.8) is 0 Å². The van der Waals surface area contributed by atoms with E-state index >= 15 is 8.78 Å². The fraction of sp³-hybridized carbons (Fsp3) is 0.459. The molecule has 0 bridgehead atoms. The van der Waals surface area contributed by atoms with Gasteiger partial charge >= 0.3 is 18.2 Å². The Balaban J connectivity index is 1.97. The second-order valence-electron chi connectivity index (χ2n) is 13.0. The summed E-state index contributed by atoms with van der Waals surface area (Å²) in [6.45, 7) is 2.47. The van der Waals surface area contributed by atoms with Crippen LogP contribution in [0, 0.1) is 5.92 Å². The number of nitrogens with one attached hydrogen (secondary N) is 2. The number of benzene rings is 3. The molecule has 3 atom stereocenters. The second-order valence-corrected chi connectivity index (χ2v) is 14.9. The average Bonchev–Trinajstić information content (AvgIpc) is 3.13. The first-order valence-electron chi connectivity index (χ1n) is 17.0. The summed E-state index contributed by atoms with van der Waals surface area (Å²) in [5, 5.41) is 23.8. The highest BCUT2D eigenvalue weighted by molar-refractivity contribution is 7.89. The van der Waals surface area contributed by atoms with Crippen molar-refractivity contribution in [3.8, 4) is 0 Å². The lowest BCUT2D eigenvalue weighted by atomic mass is 9.84. The minimum Gasteiger partial charge on any atom is -0.453 e. The van der Waals surface area contributed by atoms with E-state index in [2.05, 4.69) is 10.1 Å². The van der Waals surface area contributed by atoms with Crippen molar-refractivity contribution in [1.82, 2.24) is 14.9 Å². The van der Waals surface area contributed by atoms with E-state index in [9.17, 15) is 41.4 Å². The zero-order valence-electron chi connectivity index (χ0n) is 29.6. The minimum atomic E-state index is -6.10. The quantitative estimate of drug-likeness (QED) is 0.110. The van der Waals surface area contributed by atoms with E-state index in [0.717, 1.165) is 11.4 Å². The highest BCUT2D eigenvalue weighted by Gasteiger charge is 2.62. The molecule has 3 aromatic rings. The molecular formula is C37H46F5N3O7S. The zero-order valence-corrected chi connectivity index (χ0v) is 30.4. The maximum Gasteiger partial charge on any atom is 0.455 e. The number of carbonyl (C=O) groups excluding carboxylic acids is 2. The lowest BCUT2D eigenvalue weighted by Gasteiger charge is -2.34. The standard InChI is InChI=1S/C37H46F5N3O7S/c1-25(2)21-22-45(53(50,51)30-19-17-26(23-46)18-20-30)29(24-47)15-10-16-31(36(38,39)37(40,41)42)43-34(48)33(44-35(49)52-3)32(27-11-6-4-7-12-27)28-13-8-5-9-14-28/h4-9,11-14,17-20,25,29,31-33,46-47H,10,15-16,21-24H2,1-3H3,(H,43,48)(H,44,49)/t29-,31+,33-/m0/s1. The van der Waals surface area contributed by atoms with Crippen LogP contribution in [0.4, 0.5) is 26.7 Å². The fourth-order valence-corrected chi connectivity index (χ4v) is 7.52. The first-order chi connectivity index (χ1) is 25.0.